The zero-order valence-electron chi connectivity index (χ0n) is 14.4. The van der Waals surface area contributed by atoms with Crippen molar-refractivity contribution in [3.05, 3.63) is 54.1 Å². The third-order valence-corrected chi connectivity index (χ3v) is 4.25. The number of fused-ring (bicyclic) bond motifs is 1. The lowest BCUT2D eigenvalue weighted by atomic mass is 9.99. The predicted molar refractivity (Wildman–Crippen MR) is 98.7 cm³/mol. The highest BCUT2D eigenvalue weighted by Gasteiger charge is 2.18. The van der Waals surface area contributed by atoms with Crippen LogP contribution in [0.4, 0.5) is 0 Å². The molecule has 0 bridgehead atoms. The number of aromatic amines is 1. The van der Waals surface area contributed by atoms with Crippen molar-refractivity contribution in [1.82, 2.24) is 10.3 Å². The van der Waals surface area contributed by atoms with Gasteiger partial charge in [-0.1, -0.05) is 30.3 Å². The van der Waals surface area contributed by atoms with Crippen molar-refractivity contribution in [2.45, 2.75) is 19.4 Å². The summed E-state index contributed by atoms with van der Waals surface area (Å²) in [5.74, 6) is 0.616. The Morgan fingerprint density at radius 3 is 2.64 bits per heavy atom. The van der Waals surface area contributed by atoms with Crippen LogP contribution in [-0.2, 0) is 11.2 Å². The van der Waals surface area contributed by atoms with Gasteiger partial charge < -0.3 is 20.1 Å². The van der Waals surface area contributed by atoms with Crippen LogP contribution in [0, 0.1) is 0 Å². The Morgan fingerprint density at radius 2 is 2.00 bits per heavy atom. The molecule has 1 amide bonds. The van der Waals surface area contributed by atoms with Gasteiger partial charge in [0.1, 0.15) is 5.75 Å². The van der Waals surface area contributed by atoms with Crippen LogP contribution in [0.15, 0.2) is 48.5 Å². The molecular weight excluding hydrogens is 316 g/mol. The highest BCUT2D eigenvalue weighted by Crippen LogP contribution is 2.33. The summed E-state index contributed by atoms with van der Waals surface area (Å²) < 4.78 is 5.36. The van der Waals surface area contributed by atoms with Crippen LogP contribution in [0.5, 0.6) is 5.75 Å². The maximum atomic E-state index is 11.4. The number of hydrogen-bond donors (Lipinski definition) is 3. The summed E-state index contributed by atoms with van der Waals surface area (Å²) >= 11 is 0. The average molecular weight is 338 g/mol. The highest BCUT2D eigenvalue weighted by atomic mass is 16.5. The van der Waals surface area contributed by atoms with E-state index in [9.17, 15) is 9.90 Å². The topological polar surface area (TPSA) is 74.3 Å². The second kappa shape index (κ2) is 7.40. The van der Waals surface area contributed by atoms with E-state index in [0.717, 1.165) is 33.5 Å². The van der Waals surface area contributed by atoms with Crippen molar-refractivity contribution < 1.29 is 14.6 Å². The third-order valence-electron chi connectivity index (χ3n) is 4.25. The number of H-pyrrole nitrogens is 1. The molecule has 25 heavy (non-hydrogen) atoms. The minimum Gasteiger partial charge on any atom is -0.497 e. The normalized spacial score (nSPS) is 12.1. The van der Waals surface area contributed by atoms with Gasteiger partial charge in [0, 0.05) is 23.5 Å². The van der Waals surface area contributed by atoms with E-state index in [1.165, 1.54) is 6.92 Å². The van der Waals surface area contributed by atoms with Crippen molar-refractivity contribution in [2.75, 3.05) is 13.7 Å². The number of nitrogens with one attached hydrogen (secondary N) is 2. The molecule has 1 heterocycles. The fraction of sp³-hybridized carbons (Fsp3) is 0.250. The molecular formula is C20H22N2O3. The van der Waals surface area contributed by atoms with Crippen LogP contribution >= 0.6 is 0 Å². The number of rotatable bonds is 6. The van der Waals surface area contributed by atoms with Gasteiger partial charge >= 0.3 is 0 Å². The summed E-state index contributed by atoms with van der Waals surface area (Å²) in [7, 11) is 1.64. The quantitative estimate of drug-likeness (QED) is 0.647. The summed E-state index contributed by atoms with van der Waals surface area (Å²) in [4.78, 5) is 14.9. The molecule has 3 N–H and O–H groups in total. The molecule has 0 spiro atoms. The van der Waals surface area contributed by atoms with Gasteiger partial charge in [0.25, 0.3) is 0 Å². The Bertz CT molecular complexity index is 871. The van der Waals surface area contributed by atoms with Crippen molar-refractivity contribution in [3.8, 4) is 17.0 Å². The molecule has 3 rings (SSSR count). The maximum Gasteiger partial charge on any atom is 0.217 e. The Kier molecular flexibility index (Phi) is 5.05. The molecule has 0 saturated carbocycles. The Balaban J connectivity index is 2.12. The second-order valence-corrected chi connectivity index (χ2v) is 6.04. The molecule has 1 atom stereocenters. The van der Waals surface area contributed by atoms with Gasteiger partial charge in [-0.3, -0.25) is 4.79 Å². The van der Waals surface area contributed by atoms with Gasteiger partial charge in [0.05, 0.1) is 19.8 Å². The van der Waals surface area contributed by atoms with Crippen molar-refractivity contribution >= 4 is 16.8 Å². The molecule has 0 fully saturated rings. The van der Waals surface area contributed by atoms with Crippen LogP contribution in [0.25, 0.3) is 22.2 Å². The lowest BCUT2D eigenvalue weighted by Crippen LogP contribution is -2.37. The monoisotopic (exact) mass is 338 g/mol. The molecule has 0 saturated heterocycles. The average Bonchev–Trinajstić information content (AvgIpc) is 2.99. The fourth-order valence-corrected chi connectivity index (χ4v) is 3.11. The third kappa shape index (κ3) is 3.67. The van der Waals surface area contributed by atoms with E-state index in [2.05, 4.69) is 10.3 Å². The summed E-state index contributed by atoms with van der Waals surface area (Å²) in [5, 5.41) is 13.5. The van der Waals surface area contributed by atoms with Gasteiger partial charge in [0.15, 0.2) is 0 Å². The van der Waals surface area contributed by atoms with E-state index in [0.29, 0.717) is 6.42 Å². The zero-order valence-corrected chi connectivity index (χ0v) is 14.4. The van der Waals surface area contributed by atoms with Crippen molar-refractivity contribution in [2.24, 2.45) is 0 Å². The minimum atomic E-state index is -0.342. The number of methoxy groups -OCH3 is 1. The van der Waals surface area contributed by atoms with Gasteiger partial charge in [-0.25, -0.2) is 0 Å². The van der Waals surface area contributed by atoms with E-state index >= 15 is 0 Å². The first kappa shape index (κ1) is 17.0. The lowest BCUT2D eigenvalue weighted by molar-refractivity contribution is -0.119. The minimum absolute atomic E-state index is 0.121. The number of amides is 1. The van der Waals surface area contributed by atoms with E-state index < -0.39 is 0 Å². The van der Waals surface area contributed by atoms with Gasteiger partial charge in [-0.05, 0) is 35.7 Å². The highest BCUT2D eigenvalue weighted by molar-refractivity contribution is 5.92. The summed E-state index contributed by atoms with van der Waals surface area (Å²) in [6.45, 7) is 1.34. The van der Waals surface area contributed by atoms with E-state index in [1.807, 2.05) is 48.5 Å². The van der Waals surface area contributed by atoms with Gasteiger partial charge in [-0.2, -0.15) is 0 Å². The van der Waals surface area contributed by atoms with Gasteiger partial charge in [-0.15, -0.1) is 0 Å². The van der Waals surface area contributed by atoms with Crippen LogP contribution in [0.2, 0.25) is 0 Å². The molecule has 0 radical (unpaired) electrons. The molecule has 5 nitrogen and oxygen atoms in total. The number of benzene rings is 2. The molecule has 5 heteroatoms. The first-order valence-corrected chi connectivity index (χ1v) is 8.24. The van der Waals surface area contributed by atoms with E-state index in [-0.39, 0.29) is 18.6 Å². The van der Waals surface area contributed by atoms with Crippen LogP contribution in [0.1, 0.15) is 12.5 Å². The molecule has 2 aromatic carbocycles. The summed E-state index contributed by atoms with van der Waals surface area (Å²) in [5.41, 5.74) is 4.10. The number of hydrogen-bond acceptors (Lipinski definition) is 3. The fourth-order valence-electron chi connectivity index (χ4n) is 3.11. The molecule has 1 unspecified atom stereocenters. The largest absolute Gasteiger partial charge is 0.497 e. The predicted octanol–water partition coefficient (Wildman–Crippen LogP) is 2.88. The van der Waals surface area contributed by atoms with Crippen molar-refractivity contribution in [3.63, 3.8) is 0 Å². The van der Waals surface area contributed by atoms with Crippen LogP contribution < -0.4 is 10.1 Å². The molecule has 0 aliphatic heterocycles. The van der Waals surface area contributed by atoms with Crippen LogP contribution in [0.3, 0.4) is 0 Å². The Morgan fingerprint density at radius 1 is 1.24 bits per heavy atom. The van der Waals surface area contributed by atoms with E-state index in [1.54, 1.807) is 7.11 Å². The first-order valence-electron chi connectivity index (χ1n) is 8.24. The molecule has 130 valence electrons. The van der Waals surface area contributed by atoms with Crippen LogP contribution in [-0.4, -0.2) is 35.8 Å². The molecule has 0 aliphatic carbocycles. The molecule has 3 aromatic rings. The summed E-state index contributed by atoms with van der Waals surface area (Å²) in [6.07, 6.45) is 0.521. The standard InChI is InChI=1S/C20H22N2O3/c1-13(24)21-15(12-23)10-18-17-11-16(25-2)8-9-19(17)22-20(18)14-6-4-3-5-7-14/h3-9,11,15,22-23H,10,12H2,1-2H3,(H,21,24). The Hall–Kier alpha value is -2.79. The number of carbonyl (C=O) groups is 1. The van der Waals surface area contributed by atoms with Crippen molar-refractivity contribution in [1.29, 1.82) is 0 Å². The summed E-state index contributed by atoms with van der Waals surface area (Å²) in [6, 6.07) is 15.6. The number of aliphatic hydroxyl groups excluding tert-OH is 1. The second-order valence-electron chi connectivity index (χ2n) is 6.04. The lowest BCUT2D eigenvalue weighted by Gasteiger charge is -2.16. The number of carbonyl (C=O) groups excluding carboxylic acids is 1. The maximum absolute atomic E-state index is 11.4. The zero-order chi connectivity index (χ0) is 17.8. The van der Waals surface area contributed by atoms with Gasteiger partial charge in [0.2, 0.25) is 5.91 Å². The molecule has 0 aliphatic rings. The SMILES string of the molecule is COc1ccc2[nH]c(-c3ccccc3)c(CC(CO)NC(C)=O)c2c1. The number of aliphatic hydroxyl groups is 1. The Labute approximate surface area is 146 Å². The first-order chi connectivity index (χ1) is 12.1. The number of aromatic nitrogens is 1. The smallest absolute Gasteiger partial charge is 0.217 e. The van der Waals surface area contributed by atoms with E-state index in [4.69, 9.17) is 4.74 Å². The number of ether oxygens (including phenoxy) is 1. The molecule has 1 aromatic heterocycles.